The summed E-state index contributed by atoms with van der Waals surface area (Å²) in [5, 5.41) is 10.0. The van der Waals surface area contributed by atoms with Crippen LogP contribution in [0.1, 0.15) is 27.2 Å². The van der Waals surface area contributed by atoms with Crippen LogP contribution in [0.3, 0.4) is 0 Å². The number of aliphatic carboxylic acids is 1. The van der Waals surface area contributed by atoms with Crippen LogP contribution in [-0.2, 0) is 11.2 Å². The number of carbonyl (C=O) groups excluding carboxylic acids is 1. The average molecular weight is 431 g/mol. The summed E-state index contributed by atoms with van der Waals surface area (Å²) in [5.74, 6) is -2.75. The van der Waals surface area contributed by atoms with Gasteiger partial charge in [-0.1, -0.05) is 12.1 Å². The fourth-order valence-electron chi connectivity index (χ4n) is 3.11. The molecule has 1 aromatic carbocycles. The van der Waals surface area contributed by atoms with Crippen molar-refractivity contribution in [2.45, 2.75) is 26.4 Å². The van der Waals surface area contributed by atoms with Gasteiger partial charge in [-0.3, -0.25) is 9.78 Å². The van der Waals surface area contributed by atoms with E-state index in [9.17, 15) is 18.0 Å². The zero-order valence-electron chi connectivity index (χ0n) is 16.8. The first kappa shape index (κ1) is 22.1. The number of carboxylic acid groups (broad SMARTS) is 1. The Hall–Kier alpha value is -3.62. The van der Waals surface area contributed by atoms with Crippen LogP contribution in [0.5, 0.6) is 0 Å². The molecular formula is C22H20F3N3O3. The van der Waals surface area contributed by atoms with E-state index in [0.29, 0.717) is 6.54 Å². The van der Waals surface area contributed by atoms with Gasteiger partial charge in [-0.15, -0.1) is 0 Å². The standard InChI is InChI=1S/C20H19N3O.C2HF3O2/c1-12-3-4-14(9-13(12)2)18-10-15(5-7-21-18)19-11-16-17(23-19)6-8-22-20(16)24;3-2(4,5)1(6)7/h3-5,7,9-11,23H,6,8H2,1-2H3,(H,22,24);(H,6,7). The molecule has 0 saturated carbocycles. The number of benzene rings is 1. The Morgan fingerprint density at radius 3 is 2.39 bits per heavy atom. The Bertz CT molecular complexity index is 1140. The molecule has 1 amide bonds. The summed E-state index contributed by atoms with van der Waals surface area (Å²) in [6, 6.07) is 12.4. The van der Waals surface area contributed by atoms with Gasteiger partial charge in [-0.05, 0) is 49.2 Å². The number of amides is 1. The lowest BCUT2D eigenvalue weighted by atomic mass is 10.0. The number of nitrogens with one attached hydrogen (secondary N) is 2. The van der Waals surface area contributed by atoms with Crippen molar-refractivity contribution in [1.82, 2.24) is 15.3 Å². The number of alkyl halides is 3. The lowest BCUT2D eigenvalue weighted by Crippen LogP contribution is -2.31. The van der Waals surface area contributed by atoms with Gasteiger partial charge in [0.2, 0.25) is 0 Å². The van der Waals surface area contributed by atoms with E-state index in [4.69, 9.17) is 9.90 Å². The number of rotatable bonds is 2. The Morgan fingerprint density at radius 1 is 1.06 bits per heavy atom. The molecule has 0 radical (unpaired) electrons. The van der Waals surface area contributed by atoms with Crippen LogP contribution in [0, 0.1) is 13.8 Å². The van der Waals surface area contributed by atoms with E-state index in [1.165, 1.54) is 11.1 Å². The van der Waals surface area contributed by atoms with Gasteiger partial charge in [0.05, 0.1) is 11.3 Å². The molecule has 3 heterocycles. The molecule has 0 fully saturated rings. The quantitative estimate of drug-likeness (QED) is 0.565. The molecule has 2 aromatic heterocycles. The molecule has 4 rings (SSSR count). The highest BCUT2D eigenvalue weighted by Gasteiger charge is 2.38. The number of aromatic nitrogens is 2. The molecule has 162 valence electrons. The van der Waals surface area contributed by atoms with E-state index in [0.717, 1.165) is 40.2 Å². The van der Waals surface area contributed by atoms with E-state index in [-0.39, 0.29) is 5.91 Å². The Morgan fingerprint density at radius 2 is 1.77 bits per heavy atom. The van der Waals surface area contributed by atoms with Crippen molar-refractivity contribution >= 4 is 11.9 Å². The number of H-pyrrole nitrogens is 1. The zero-order valence-corrected chi connectivity index (χ0v) is 16.8. The van der Waals surface area contributed by atoms with Crippen LogP contribution in [0.25, 0.3) is 22.5 Å². The van der Waals surface area contributed by atoms with E-state index in [2.05, 4.69) is 53.4 Å². The van der Waals surface area contributed by atoms with Gasteiger partial charge in [0, 0.05) is 41.7 Å². The number of aryl methyl sites for hydroxylation is 2. The molecule has 31 heavy (non-hydrogen) atoms. The van der Waals surface area contributed by atoms with Crippen LogP contribution in [-0.4, -0.2) is 39.7 Å². The number of carbonyl (C=O) groups is 2. The highest BCUT2D eigenvalue weighted by atomic mass is 19.4. The van der Waals surface area contributed by atoms with E-state index in [1.54, 1.807) is 0 Å². The van der Waals surface area contributed by atoms with Crippen molar-refractivity contribution in [2.75, 3.05) is 6.54 Å². The van der Waals surface area contributed by atoms with Crippen LogP contribution in [0.15, 0.2) is 42.6 Å². The van der Waals surface area contributed by atoms with Crippen molar-refractivity contribution in [3.63, 3.8) is 0 Å². The smallest absolute Gasteiger partial charge is 0.475 e. The number of carboxylic acids is 1. The predicted molar refractivity (Wildman–Crippen MR) is 109 cm³/mol. The highest BCUT2D eigenvalue weighted by molar-refractivity contribution is 5.97. The third-order valence-corrected chi connectivity index (χ3v) is 4.92. The molecule has 0 bridgehead atoms. The maximum Gasteiger partial charge on any atom is 0.490 e. The minimum atomic E-state index is -5.08. The minimum absolute atomic E-state index is 0.00203. The molecule has 3 N–H and O–H groups in total. The molecule has 0 spiro atoms. The second kappa shape index (κ2) is 8.63. The fourth-order valence-corrected chi connectivity index (χ4v) is 3.11. The first-order chi connectivity index (χ1) is 14.6. The summed E-state index contributed by atoms with van der Waals surface area (Å²) in [6.45, 7) is 4.91. The third kappa shape index (κ3) is 5.11. The summed E-state index contributed by atoms with van der Waals surface area (Å²) in [6.07, 6.45) is -2.42. The summed E-state index contributed by atoms with van der Waals surface area (Å²) >= 11 is 0. The molecule has 0 saturated heterocycles. The summed E-state index contributed by atoms with van der Waals surface area (Å²) in [5.41, 5.74) is 8.34. The number of hydrogen-bond acceptors (Lipinski definition) is 3. The van der Waals surface area contributed by atoms with Crippen LogP contribution in [0.2, 0.25) is 0 Å². The number of nitrogens with zero attached hydrogens (tertiary/aromatic N) is 1. The Labute approximate surface area is 176 Å². The summed E-state index contributed by atoms with van der Waals surface area (Å²) in [7, 11) is 0. The maximum absolute atomic E-state index is 11.9. The molecule has 0 aliphatic carbocycles. The first-order valence-electron chi connectivity index (χ1n) is 9.40. The summed E-state index contributed by atoms with van der Waals surface area (Å²) < 4.78 is 31.7. The molecule has 9 heteroatoms. The van der Waals surface area contributed by atoms with E-state index >= 15 is 0 Å². The molecule has 0 unspecified atom stereocenters. The number of aromatic amines is 1. The fraction of sp³-hybridized carbons (Fsp3) is 0.227. The minimum Gasteiger partial charge on any atom is -0.475 e. The highest BCUT2D eigenvalue weighted by Crippen LogP contribution is 2.27. The zero-order chi connectivity index (χ0) is 22.8. The monoisotopic (exact) mass is 431 g/mol. The number of halogens is 3. The number of pyridine rings is 1. The van der Waals surface area contributed by atoms with Gasteiger partial charge < -0.3 is 15.4 Å². The van der Waals surface area contributed by atoms with Crippen molar-refractivity contribution < 1.29 is 27.9 Å². The molecule has 1 aliphatic rings. The largest absolute Gasteiger partial charge is 0.490 e. The SMILES string of the molecule is Cc1ccc(-c2cc(-c3cc4c([nH]3)CCNC4=O)ccn2)cc1C.O=C(O)C(F)(F)F. The second-order valence-corrected chi connectivity index (χ2v) is 7.11. The van der Waals surface area contributed by atoms with Crippen LogP contribution in [0.4, 0.5) is 13.2 Å². The average Bonchev–Trinajstić information content (AvgIpc) is 3.16. The molecule has 0 atom stereocenters. The maximum atomic E-state index is 11.9. The van der Waals surface area contributed by atoms with Crippen molar-refractivity contribution in [2.24, 2.45) is 0 Å². The van der Waals surface area contributed by atoms with Crippen LogP contribution < -0.4 is 5.32 Å². The lowest BCUT2D eigenvalue weighted by Gasteiger charge is -2.11. The topological polar surface area (TPSA) is 95.1 Å². The van der Waals surface area contributed by atoms with Crippen molar-refractivity contribution in [3.8, 4) is 22.5 Å². The Kier molecular flexibility index (Phi) is 6.14. The number of hydrogen-bond donors (Lipinski definition) is 3. The predicted octanol–water partition coefficient (Wildman–Crippen LogP) is 4.28. The molecular weight excluding hydrogens is 411 g/mol. The van der Waals surface area contributed by atoms with E-state index < -0.39 is 12.1 Å². The van der Waals surface area contributed by atoms with Crippen LogP contribution >= 0.6 is 0 Å². The van der Waals surface area contributed by atoms with Gasteiger partial charge in [0.1, 0.15) is 0 Å². The third-order valence-electron chi connectivity index (χ3n) is 4.92. The molecule has 6 nitrogen and oxygen atoms in total. The molecule has 1 aliphatic heterocycles. The van der Waals surface area contributed by atoms with Crippen molar-refractivity contribution in [3.05, 3.63) is 65.0 Å². The van der Waals surface area contributed by atoms with Crippen molar-refractivity contribution in [1.29, 1.82) is 0 Å². The molecule has 3 aromatic rings. The van der Waals surface area contributed by atoms with Gasteiger partial charge in [0.25, 0.3) is 5.91 Å². The van der Waals surface area contributed by atoms with Gasteiger partial charge >= 0.3 is 12.1 Å². The van der Waals surface area contributed by atoms with E-state index in [1.807, 2.05) is 18.3 Å². The Balaban J connectivity index is 0.000000339. The summed E-state index contributed by atoms with van der Waals surface area (Å²) in [4.78, 5) is 28.7. The second-order valence-electron chi connectivity index (χ2n) is 7.11. The van der Waals surface area contributed by atoms with Gasteiger partial charge in [-0.25, -0.2) is 4.79 Å². The normalized spacial score (nSPS) is 13.0. The van der Waals surface area contributed by atoms with Gasteiger partial charge in [-0.2, -0.15) is 13.2 Å². The van der Waals surface area contributed by atoms with Gasteiger partial charge in [0.15, 0.2) is 0 Å². The first-order valence-corrected chi connectivity index (χ1v) is 9.40. The lowest BCUT2D eigenvalue weighted by molar-refractivity contribution is -0.192. The number of fused-ring (bicyclic) bond motifs is 1.